The monoisotopic (exact) mass is 364 g/mol. The Hall–Kier alpha value is -3.19. The van der Waals surface area contributed by atoms with Crippen LogP contribution in [0.25, 0.3) is 16.6 Å². The SMILES string of the molecule is CS(=O)(=O)c1ccc(Nc2cc(-n3cccn3)c3ccccc3n2)cc1. The molecule has 0 spiro atoms. The maximum atomic E-state index is 11.6. The highest BCUT2D eigenvalue weighted by Gasteiger charge is 2.09. The van der Waals surface area contributed by atoms with Crippen molar-refractivity contribution in [3.05, 3.63) is 73.1 Å². The lowest BCUT2D eigenvalue weighted by Crippen LogP contribution is -2.01. The first kappa shape index (κ1) is 16.3. The summed E-state index contributed by atoms with van der Waals surface area (Å²) < 4.78 is 25.0. The molecule has 7 heteroatoms. The van der Waals surface area contributed by atoms with Gasteiger partial charge < -0.3 is 5.32 Å². The van der Waals surface area contributed by atoms with Gasteiger partial charge in [-0.05, 0) is 36.4 Å². The smallest absolute Gasteiger partial charge is 0.175 e. The Morgan fingerprint density at radius 2 is 1.77 bits per heavy atom. The highest BCUT2D eigenvalue weighted by atomic mass is 32.2. The molecule has 0 atom stereocenters. The van der Waals surface area contributed by atoms with E-state index in [0.29, 0.717) is 5.82 Å². The van der Waals surface area contributed by atoms with E-state index in [2.05, 4.69) is 15.4 Å². The molecule has 0 aliphatic heterocycles. The van der Waals surface area contributed by atoms with Gasteiger partial charge in [0, 0.05) is 35.8 Å². The van der Waals surface area contributed by atoms with Gasteiger partial charge in [0.15, 0.2) is 9.84 Å². The van der Waals surface area contributed by atoms with Crippen LogP contribution < -0.4 is 5.32 Å². The normalized spacial score (nSPS) is 11.6. The molecule has 26 heavy (non-hydrogen) atoms. The molecule has 2 heterocycles. The minimum absolute atomic E-state index is 0.284. The second-order valence-electron chi connectivity index (χ2n) is 5.92. The Kier molecular flexibility index (Phi) is 3.93. The van der Waals surface area contributed by atoms with E-state index >= 15 is 0 Å². The Labute approximate surface area is 151 Å². The van der Waals surface area contributed by atoms with Gasteiger partial charge in [0.1, 0.15) is 5.82 Å². The Morgan fingerprint density at radius 1 is 1.00 bits per heavy atom. The molecule has 0 aliphatic rings. The summed E-state index contributed by atoms with van der Waals surface area (Å²) in [5.41, 5.74) is 2.51. The molecule has 0 saturated carbocycles. The van der Waals surface area contributed by atoms with Crippen LogP contribution in [0.1, 0.15) is 0 Å². The standard InChI is InChI=1S/C19H16N4O2S/c1-26(24,25)15-9-7-14(8-10-15)21-19-13-18(23-12-4-11-20-23)16-5-2-3-6-17(16)22-19/h2-13H,1H3,(H,21,22). The molecule has 6 nitrogen and oxygen atoms in total. The summed E-state index contributed by atoms with van der Waals surface area (Å²) in [6.45, 7) is 0. The van der Waals surface area contributed by atoms with E-state index in [0.717, 1.165) is 22.3 Å². The molecule has 0 bridgehead atoms. The van der Waals surface area contributed by atoms with Crippen LogP contribution in [0, 0.1) is 0 Å². The van der Waals surface area contributed by atoms with Gasteiger partial charge in [0.25, 0.3) is 0 Å². The Balaban J connectivity index is 1.75. The number of sulfone groups is 1. The molecule has 0 saturated heterocycles. The lowest BCUT2D eigenvalue weighted by Gasteiger charge is -2.11. The molecule has 0 fully saturated rings. The molecule has 4 aromatic rings. The largest absolute Gasteiger partial charge is 0.340 e. The van der Waals surface area contributed by atoms with E-state index in [1.807, 2.05) is 42.6 Å². The Bertz CT molecular complexity index is 1170. The summed E-state index contributed by atoms with van der Waals surface area (Å²) in [7, 11) is -3.21. The van der Waals surface area contributed by atoms with Crippen molar-refractivity contribution in [2.45, 2.75) is 4.90 Å². The molecular formula is C19H16N4O2S. The number of pyridine rings is 1. The van der Waals surface area contributed by atoms with Gasteiger partial charge in [-0.1, -0.05) is 18.2 Å². The maximum Gasteiger partial charge on any atom is 0.175 e. The van der Waals surface area contributed by atoms with E-state index in [-0.39, 0.29) is 4.90 Å². The molecule has 1 N–H and O–H groups in total. The van der Waals surface area contributed by atoms with Crippen molar-refractivity contribution in [2.24, 2.45) is 0 Å². The van der Waals surface area contributed by atoms with Crippen LogP contribution in [0.15, 0.2) is 78.0 Å². The number of aromatic nitrogens is 3. The summed E-state index contributed by atoms with van der Waals surface area (Å²) in [4.78, 5) is 4.93. The fraction of sp³-hybridized carbons (Fsp3) is 0.0526. The molecule has 130 valence electrons. The number of benzene rings is 2. The average Bonchev–Trinajstić information content (AvgIpc) is 3.15. The number of nitrogens with one attached hydrogen (secondary N) is 1. The first-order valence-electron chi connectivity index (χ1n) is 7.98. The van der Waals surface area contributed by atoms with E-state index < -0.39 is 9.84 Å². The van der Waals surface area contributed by atoms with Crippen LogP contribution in [0.2, 0.25) is 0 Å². The number of para-hydroxylation sites is 1. The summed E-state index contributed by atoms with van der Waals surface area (Å²) in [6.07, 6.45) is 4.80. The van der Waals surface area contributed by atoms with Gasteiger partial charge in [-0.3, -0.25) is 0 Å². The van der Waals surface area contributed by atoms with Crippen LogP contribution >= 0.6 is 0 Å². The number of fused-ring (bicyclic) bond motifs is 1. The van der Waals surface area contributed by atoms with Gasteiger partial charge in [-0.15, -0.1) is 0 Å². The van der Waals surface area contributed by atoms with Crippen molar-refractivity contribution in [3.63, 3.8) is 0 Å². The fourth-order valence-electron chi connectivity index (χ4n) is 2.76. The van der Waals surface area contributed by atoms with Crippen molar-refractivity contribution < 1.29 is 8.42 Å². The average molecular weight is 364 g/mol. The number of hydrogen-bond donors (Lipinski definition) is 1. The van der Waals surface area contributed by atoms with E-state index in [9.17, 15) is 8.42 Å². The predicted octanol–water partition coefficient (Wildman–Crippen LogP) is 3.57. The molecular weight excluding hydrogens is 348 g/mol. The zero-order chi connectivity index (χ0) is 18.1. The van der Waals surface area contributed by atoms with Gasteiger partial charge in [0.05, 0.1) is 16.1 Å². The molecule has 2 aromatic carbocycles. The predicted molar refractivity (Wildman–Crippen MR) is 102 cm³/mol. The molecule has 0 aliphatic carbocycles. The second kappa shape index (κ2) is 6.27. The number of nitrogens with zero attached hydrogens (tertiary/aromatic N) is 3. The molecule has 4 rings (SSSR count). The van der Waals surface area contributed by atoms with Gasteiger partial charge >= 0.3 is 0 Å². The third-order valence-electron chi connectivity index (χ3n) is 4.00. The maximum absolute atomic E-state index is 11.6. The minimum atomic E-state index is -3.21. The van der Waals surface area contributed by atoms with Crippen LogP contribution in [0.4, 0.5) is 11.5 Å². The highest BCUT2D eigenvalue weighted by molar-refractivity contribution is 7.90. The van der Waals surface area contributed by atoms with Crippen molar-refractivity contribution in [3.8, 4) is 5.69 Å². The molecule has 0 radical (unpaired) electrons. The Morgan fingerprint density at radius 3 is 2.46 bits per heavy atom. The number of anilines is 2. The van der Waals surface area contributed by atoms with Crippen molar-refractivity contribution in [1.29, 1.82) is 0 Å². The lowest BCUT2D eigenvalue weighted by atomic mass is 10.2. The van der Waals surface area contributed by atoms with Crippen LogP contribution in [-0.4, -0.2) is 29.4 Å². The van der Waals surface area contributed by atoms with E-state index in [1.165, 1.54) is 6.26 Å². The van der Waals surface area contributed by atoms with E-state index in [4.69, 9.17) is 0 Å². The van der Waals surface area contributed by atoms with Crippen molar-refractivity contribution >= 4 is 32.2 Å². The first-order chi connectivity index (χ1) is 12.5. The van der Waals surface area contributed by atoms with Gasteiger partial charge in [-0.25, -0.2) is 18.1 Å². The van der Waals surface area contributed by atoms with Crippen molar-refractivity contribution in [2.75, 3.05) is 11.6 Å². The zero-order valence-electron chi connectivity index (χ0n) is 14.0. The zero-order valence-corrected chi connectivity index (χ0v) is 14.8. The third kappa shape index (κ3) is 3.16. The summed E-state index contributed by atoms with van der Waals surface area (Å²) in [6, 6.07) is 18.2. The minimum Gasteiger partial charge on any atom is -0.340 e. The number of rotatable bonds is 4. The van der Waals surface area contributed by atoms with Crippen molar-refractivity contribution in [1.82, 2.24) is 14.8 Å². The highest BCUT2D eigenvalue weighted by Crippen LogP contribution is 2.26. The second-order valence-corrected chi connectivity index (χ2v) is 7.93. The van der Waals surface area contributed by atoms with E-state index in [1.54, 1.807) is 35.1 Å². The molecule has 2 aromatic heterocycles. The third-order valence-corrected chi connectivity index (χ3v) is 5.13. The number of hydrogen-bond acceptors (Lipinski definition) is 5. The van der Waals surface area contributed by atoms with Crippen LogP contribution in [0.5, 0.6) is 0 Å². The van der Waals surface area contributed by atoms with Gasteiger partial charge in [-0.2, -0.15) is 5.10 Å². The summed E-state index contributed by atoms with van der Waals surface area (Å²) in [5.74, 6) is 0.654. The summed E-state index contributed by atoms with van der Waals surface area (Å²) >= 11 is 0. The quantitative estimate of drug-likeness (QED) is 0.599. The topological polar surface area (TPSA) is 76.9 Å². The molecule has 0 unspecified atom stereocenters. The van der Waals surface area contributed by atoms with Crippen LogP contribution in [-0.2, 0) is 9.84 Å². The molecule has 0 amide bonds. The van der Waals surface area contributed by atoms with Gasteiger partial charge in [0.2, 0.25) is 0 Å². The van der Waals surface area contributed by atoms with Crippen LogP contribution in [0.3, 0.4) is 0 Å². The first-order valence-corrected chi connectivity index (χ1v) is 9.87. The summed E-state index contributed by atoms with van der Waals surface area (Å²) in [5, 5.41) is 8.54. The fourth-order valence-corrected chi connectivity index (χ4v) is 3.39. The lowest BCUT2D eigenvalue weighted by molar-refractivity contribution is 0.602.